The zero-order valence-electron chi connectivity index (χ0n) is 15.4. The Hall–Kier alpha value is -2.51. The van der Waals surface area contributed by atoms with Crippen molar-refractivity contribution in [2.45, 2.75) is 44.4 Å². The molecule has 0 saturated heterocycles. The highest BCUT2D eigenvalue weighted by Crippen LogP contribution is 2.67. The molecule has 1 aromatic heterocycles. The van der Waals surface area contributed by atoms with Gasteiger partial charge >= 0.3 is 0 Å². The van der Waals surface area contributed by atoms with Gasteiger partial charge in [0, 0.05) is 0 Å². The van der Waals surface area contributed by atoms with Crippen molar-refractivity contribution in [3.05, 3.63) is 47.2 Å². The Morgan fingerprint density at radius 2 is 1.93 bits per heavy atom. The summed E-state index contributed by atoms with van der Waals surface area (Å²) in [7, 11) is 0. The van der Waals surface area contributed by atoms with Gasteiger partial charge in [-0.25, -0.2) is 17.6 Å². The zero-order chi connectivity index (χ0) is 20.3. The molecule has 4 rings (SSSR count). The Balaban J connectivity index is 1.82. The predicted octanol–water partition coefficient (Wildman–Crippen LogP) is 3.96. The van der Waals surface area contributed by atoms with Gasteiger partial charge in [-0.1, -0.05) is 19.9 Å². The lowest BCUT2D eigenvalue weighted by molar-refractivity contribution is -0.130. The van der Waals surface area contributed by atoms with Crippen molar-refractivity contribution in [3.63, 3.8) is 0 Å². The highest BCUT2D eigenvalue weighted by Gasteiger charge is 2.67. The van der Waals surface area contributed by atoms with E-state index in [0.29, 0.717) is 24.1 Å². The molecule has 2 aromatic rings. The summed E-state index contributed by atoms with van der Waals surface area (Å²) in [6.07, 6.45) is -1.53. The maximum atomic E-state index is 14.2. The van der Waals surface area contributed by atoms with Crippen LogP contribution in [0.3, 0.4) is 0 Å². The van der Waals surface area contributed by atoms with Gasteiger partial charge in [0.15, 0.2) is 0 Å². The van der Waals surface area contributed by atoms with Crippen LogP contribution in [0.15, 0.2) is 24.3 Å². The van der Waals surface area contributed by atoms with Crippen molar-refractivity contribution in [1.29, 1.82) is 0 Å². The first-order valence-corrected chi connectivity index (χ1v) is 9.09. The zero-order valence-corrected chi connectivity index (χ0v) is 15.4. The number of nitrogens with one attached hydrogen (secondary N) is 1. The molecule has 2 atom stereocenters. The number of benzene rings is 1. The minimum atomic E-state index is -2.65. The number of carbonyl (C=O) groups excluding carboxylic acids is 1. The molecular weight excluding hydrogens is 374 g/mol. The van der Waals surface area contributed by atoms with E-state index in [1.165, 1.54) is 6.07 Å². The Kier molecular flexibility index (Phi) is 4.21. The summed E-state index contributed by atoms with van der Waals surface area (Å²) in [5, 5.41) is 10.5. The number of halogens is 4. The number of amides is 1. The number of fused-ring (bicyclic) bond motifs is 5. The first-order chi connectivity index (χ1) is 13.2. The number of hydrogen-bond acceptors (Lipinski definition) is 3. The van der Waals surface area contributed by atoms with Gasteiger partial charge in [0.25, 0.3) is 6.43 Å². The van der Waals surface area contributed by atoms with Crippen LogP contribution >= 0.6 is 0 Å². The first kappa shape index (κ1) is 18.8. The Bertz CT molecular complexity index is 942. The molecule has 0 aliphatic heterocycles. The molecule has 2 aliphatic rings. The summed E-state index contributed by atoms with van der Waals surface area (Å²) in [6, 6.07) is 5.13. The number of alkyl halides is 2. The van der Waals surface area contributed by atoms with Crippen LogP contribution in [0.2, 0.25) is 0 Å². The third kappa shape index (κ3) is 2.39. The number of rotatable bonds is 4. The smallest absolute Gasteiger partial charge is 0.255 e. The summed E-state index contributed by atoms with van der Waals surface area (Å²) in [5.74, 6) is -2.08. The Morgan fingerprint density at radius 3 is 2.57 bits per heavy atom. The van der Waals surface area contributed by atoms with Gasteiger partial charge in [-0.05, 0) is 47.9 Å². The molecule has 0 unspecified atom stereocenters. The SMILES string of the molecule is CC1(C)[C@@H]2CC[C@@]1(C(=O)NCC(F)F)c1nnc(-c3c(F)cccc3F)cc12. The minimum Gasteiger partial charge on any atom is -0.350 e. The van der Waals surface area contributed by atoms with Gasteiger partial charge in [-0.3, -0.25) is 4.79 Å². The summed E-state index contributed by atoms with van der Waals surface area (Å²) < 4.78 is 53.6. The van der Waals surface area contributed by atoms with E-state index in [1.54, 1.807) is 6.07 Å². The standard InChI is InChI=1S/C20H19F4N3O/c1-19(2)11-6-7-20(19,18(28)25-9-15(23)24)17-10(11)8-14(26-27-17)16-12(21)4-3-5-13(16)22/h3-5,8,11,15H,6-7,9H2,1-2H3,(H,25,28)/t11-,20+/m1/s1. The van der Waals surface area contributed by atoms with E-state index in [2.05, 4.69) is 15.5 Å². The van der Waals surface area contributed by atoms with Crippen molar-refractivity contribution >= 4 is 5.91 Å². The summed E-state index contributed by atoms with van der Waals surface area (Å²) >= 11 is 0. The van der Waals surface area contributed by atoms with E-state index in [9.17, 15) is 22.4 Å². The largest absolute Gasteiger partial charge is 0.350 e. The molecule has 28 heavy (non-hydrogen) atoms. The van der Waals surface area contributed by atoms with Crippen LogP contribution in [-0.2, 0) is 10.2 Å². The van der Waals surface area contributed by atoms with E-state index in [4.69, 9.17) is 0 Å². The number of nitrogens with zero attached hydrogens (tertiary/aromatic N) is 2. The van der Waals surface area contributed by atoms with Crippen LogP contribution in [0.25, 0.3) is 11.3 Å². The van der Waals surface area contributed by atoms with Crippen LogP contribution < -0.4 is 5.32 Å². The lowest BCUT2D eigenvalue weighted by Gasteiger charge is -2.36. The van der Waals surface area contributed by atoms with Gasteiger partial charge in [0.05, 0.1) is 28.9 Å². The number of carbonyl (C=O) groups is 1. The maximum absolute atomic E-state index is 14.2. The van der Waals surface area contributed by atoms with E-state index in [0.717, 1.165) is 12.1 Å². The average molecular weight is 393 g/mol. The summed E-state index contributed by atoms with van der Waals surface area (Å²) in [5.41, 5.74) is -0.753. The third-order valence-corrected chi connectivity index (χ3v) is 6.41. The van der Waals surface area contributed by atoms with Crippen molar-refractivity contribution < 1.29 is 22.4 Å². The highest BCUT2D eigenvalue weighted by atomic mass is 19.3. The summed E-state index contributed by atoms with van der Waals surface area (Å²) in [6.45, 7) is 3.07. The quantitative estimate of drug-likeness (QED) is 0.800. The normalized spacial score (nSPS) is 24.5. The summed E-state index contributed by atoms with van der Waals surface area (Å²) in [4.78, 5) is 12.9. The molecule has 148 valence electrons. The van der Waals surface area contributed by atoms with Crippen LogP contribution in [0.5, 0.6) is 0 Å². The van der Waals surface area contributed by atoms with E-state index < -0.39 is 41.3 Å². The van der Waals surface area contributed by atoms with Gasteiger partial charge in [0.1, 0.15) is 11.6 Å². The van der Waals surface area contributed by atoms with Crippen LogP contribution in [0.1, 0.15) is 43.9 Å². The van der Waals surface area contributed by atoms with Gasteiger partial charge < -0.3 is 5.32 Å². The van der Waals surface area contributed by atoms with Gasteiger partial charge in [-0.2, -0.15) is 5.10 Å². The second-order valence-electron chi connectivity index (χ2n) is 7.95. The van der Waals surface area contributed by atoms with Crippen LogP contribution in [-0.4, -0.2) is 29.1 Å². The van der Waals surface area contributed by atoms with Crippen LogP contribution in [0.4, 0.5) is 17.6 Å². The average Bonchev–Trinajstić information content (AvgIpc) is 3.01. The fourth-order valence-electron chi connectivity index (χ4n) is 5.01. The highest BCUT2D eigenvalue weighted by molar-refractivity contribution is 5.91. The topological polar surface area (TPSA) is 54.9 Å². The van der Waals surface area contributed by atoms with Crippen LogP contribution in [0, 0.1) is 17.0 Å². The molecule has 1 aromatic carbocycles. The molecule has 1 N–H and O–H groups in total. The predicted molar refractivity (Wildman–Crippen MR) is 93.8 cm³/mol. The molecular formula is C20H19F4N3O. The van der Waals surface area contributed by atoms with E-state index in [-0.39, 0.29) is 17.2 Å². The number of aromatic nitrogens is 2. The van der Waals surface area contributed by atoms with Crippen molar-refractivity contribution in [2.75, 3.05) is 6.54 Å². The lowest BCUT2D eigenvalue weighted by atomic mass is 9.67. The fourth-order valence-corrected chi connectivity index (χ4v) is 5.01. The minimum absolute atomic E-state index is 0.0563. The number of hydrogen-bond donors (Lipinski definition) is 1. The molecule has 0 radical (unpaired) electrons. The van der Waals surface area contributed by atoms with Crippen molar-refractivity contribution in [3.8, 4) is 11.3 Å². The molecule has 1 saturated carbocycles. The third-order valence-electron chi connectivity index (χ3n) is 6.41. The lowest BCUT2D eigenvalue weighted by Crippen LogP contribution is -2.50. The second kappa shape index (κ2) is 6.25. The Morgan fingerprint density at radius 1 is 1.25 bits per heavy atom. The fraction of sp³-hybridized carbons (Fsp3) is 0.450. The molecule has 8 heteroatoms. The monoisotopic (exact) mass is 393 g/mol. The van der Waals surface area contributed by atoms with E-state index in [1.807, 2.05) is 13.8 Å². The first-order valence-electron chi connectivity index (χ1n) is 9.09. The van der Waals surface area contributed by atoms with Crippen molar-refractivity contribution in [1.82, 2.24) is 15.5 Å². The molecule has 2 bridgehead atoms. The van der Waals surface area contributed by atoms with E-state index >= 15 is 0 Å². The molecule has 1 fully saturated rings. The molecule has 1 heterocycles. The molecule has 1 amide bonds. The van der Waals surface area contributed by atoms with Gasteiger partial charge in [0.2, 0.25) is 5.91 Å². The van der Waals surface area contributed by atoms with Gasteiger partial charge in [-0.15, -0.1) is 5.10 Å². The van der Waals surface area contributed by atoms with Crippen molar-refractivity contribution in [2.24, 2.45) is 5.41 Å². The molecule has 0 spiro atoms. The maximum Gasteiger partial charge on any atom is 0.255 e. The molecule has 2 aliphatic carbocycles. The molecule has 4 nitrogen and oxygen atoms in total. The Labute approximate surface area is 159 Å². The second-order valence-corrected chi connectivity index (χ2v) is 7.95.